The van der Waals surface area contributed by atoms with Crippen molar-refractivity contribution in [2.75, 3.05) is 11.9 Å². The van der Waals surface area contributed by atoms with E-state index in [0.29, 0.717) is 17.8 Å². The van der Waals surface area contributed by atoms with Gasteiger partial charge in [-0.15, -0.1) is 0 Å². The number of rotatable bonds is 4. The summed E-state index contributed by atoms with van der Waals surface area (Å²) in [5.41, 5.74) is 1.88. The fraction of sp³-hybridized carbons (Fsp3) is 0.308. The smallest absolute Gasteiger partial charge is 0.257 e. The predicted octanol–water partition coefficient (Wildman–Crippen LogP) is 1.29. The Bertz CT molecular complexity index is 744. The third kappa shape index (κ3) is 2.60. The van der Waals surface area contributed by atoms with Crippen molar-refractivity contribution in [1.29, 1.82) is 0 Å². The number of hydrogen-bond donors (Lipinski definition) is 1. The first-order valence-corrected chi connectivity index (χ1v) is 6.71. The van der Waals surface area contributed by atoms with Gasteiger partial charge in [-0.05, 0) is 32.9 Å². The number of aryl methyl sites for hydroxylation is 2. The summed E-state index contributed by atoms with van der Waals surface area (Å²) < 4.78 is 3.29. The van der Waals surface area contributed by atoms with Crippen LogP contribution in [0.2, 0.25) is 0 Å². The average Bonchev–Trinajstić information content (AvgIpc) is 3.08. The third-order valence-electron chi connectivity index (χ3n) is 2.86. The van der Waals surface area contributed by atoms with E-state index in [9.17, 15) is 0 Å². The highest BCUT2D eigenvalue weighted by Crippen LogP contribution is 2.11. The fourth-order valence-electron chi connectivity index (χ4n) is 2.01. The van der Waals surface area contributed by atoms with Crippen LogP contribution in [-0.4, -0.2) is 41.1 Å². The lowest BCUT2D eigenvalue weighted by Crippen LogP contribution is -2.14. The second-order valence-corrected chi connectivity index (χ2v) is 4.58. The van der Waals surface area contributed by atoms with Crippen LogP contribution in [0.25, 0.3) is 11.9 Å². The molecule has 0 aliphatic heterocycles. The van der Waals surface area contributed by atoms with Crippen LogP contribution in [0.15, 0.2) is 24.5 Å². The summed E-state index contributed by atoms with van der Waals surface area (Å²) >= 11 is 0. The van der Waals surface area contributed by atoms with Gasteiger partial charge >= 0.3 is 0 Å². The van der Waals surface area contributed by atoms with E-state index in [4.69, 9.17) is 0 Å². The summed E-state index contributed by atoms with van der Waals surface area (Å²) in [5.74, 6) is 1.42. The maximum Gasteiger partial charge on any atom is 0.257 e. The van der Waals surface area contributed by atoms with Gasteiger partial charge in [0.2, 0.25) is 5.95 Å². The summed E-state index contributed by atoms with van der Waals surface area (Å²) in [7, 11) is 0. The molecule has 108 valence electrons. The Morgan fingerprint density at radius 1 is 1.14 bits per heavy atom. The molecule has 3 aromatic heterocycles. The van der Waals surface area contributed by atoms with Crippen molar-refractivity contribution in [3.05, 3.63) is 35.9 Å². The molecule has 0 atom stereocenters. The van der Waals surface area contributed by atoms with Crippen LogP contribution in [0, 0.1) is 13.8 Å². The van der Waals surface area contributed by atoms with E-state index in [1.807, 2.05) is 32.9 Å². The van der Waals surface area contributed by atoms with Crippen molar-refractivity contribution in [3.63, 3.8) is 0 Å². The number of nitrogens with one attached hydrogen (secondary N) is 1. The summed E-state index contributed by atoms with van der Waals surface area (Å²) in [6.45, 7) is 6.61. The van der Waals surface area contributed by atoms with Crippen LogP contribution in [0.4, 0.5) is 5.95 Å². The highest BCUT2D eigenvalue weighted by Gasteiger charge is 2.12. The van der Waals surface area contributed by atoms with Crippen LogP contribution in [0.3, 0.4) is 0 Å². The minimum atomic E-state index is 0.452. The molecule has 0 aromatic carbocycles. The van der Waals surface area contributed by atoms with Crippen molar-refractivity contribution >= 4 is 5.95 Å². The van der Waals surface area contributed by atoms with Crippen LogP contribution >= 0.6 is 0 Å². The third-order valence-corrected chi connectivity index (χ3v) is 2.86. The molecule has 3 rings (SSSR count). The zero-order chi connectivity index (χ0) is 14.8. The highest BCUT2D eigenvalue weighted by atomic mass is 15.4. The Kier molecular flexibility index (Phi) is 3.35. The zero-order valence-electron chi connectivity index (χ0n) is 12.1. The molecule has 21 heavy (non-hydrogen) atoms. The molecule has 0 amide bonds. The zero-order valence-corrected chi connectivity index (χ0v) is 12.1. The van der Waals surface area contributed by atoms with Crippen LogP contribution in [-0.2, 0) is 0 Å². The summed E-state index contributed by atoms with van der Waals surface area (Å²) in [6.07, 6.45) is 3.47. The summed E-state index contributed by atoms with van der Waals surface area (Å²) in [4.78, 5) is 13.2. The Morgan fingerprint density at radius 2 is 1.95 bits per heavy atom. The SMILES string of the molecule is CCNc1nc(-n2cccn2)nc(-n2nc(C)cc2C)n1. The van der Waals surface area contributed by atoms with Gasteiger partial charge in [0.25, 0.3) is 11.9 Å². The van der Waals surface area contributed by atoms with E-state index >= 15 is 0 Å². The lowest BCUT2D eigenvalue weighted by molar-refractivity contribution is 0.730. The molecule has 8 nitrogen and oxygen atoms in total. The normalized spacial score (nSPS) is 10.8. The molecule has 0 spiro atoms. The van der Waals surface area contributed by atoms with Crippen molar-refractivity contribution < 1.29 is 0 Å². The largest absolute Gasteiger partial charge is 0.354 e. The van der Waals surface area contributed by atoms with Gasteiger partial charge in [-0.1, -0.05) is 0 Å². The molecule has 0 bridgehead atoms. The van der Waals surface area contributed by atoms with E-state index in [1.165, 1.54) is 0 Å². The molecule has 8 heteroatoms. The standard InChI is InChI=1S/C13H16N8/c1-4-14-11-16-12(20-7-5-6-15-20)18-13(17-11)21-10(3)8-9(2)19-21/h5-8H,4H2,1-3H3,(H,14,16,17,18). The average molecular weight is 284 g/mol. The van der Waals surface area contributed by atoms with Gasteiger partial charge < -0.3 is 5.32 Å². The van der Waals surface area contributed by atoms with Crippen molar-refractivity contribution in [2.45, 2.75) is 20.8 Å². The first kappa shape index (κ1) is 13.2. The van der Waals surface area contributed by atoms with E-state index in [1.54, 1.807) is 21.8 Å². The Labute approximate surface area is 121 Å². The summed E-state index contributed by atoms with van der Waals surface area (Å²) in [5, 5.41) is 11.7. The number of aromatic nitrogens is 7. The lowest BCUT2D eigenvalue weighted by Gasteiger charge is -2.08. The predicted molar refractivity (Wildman–Crippen MR) is 77.7 cm³/mol. The fourth-order valence-corrected chi connectivity index (χ4v) is 2.01. The molecule has 0 fully saturated rings. The molecule has 0 aliphatic rings. The maximum absolute atomic E-state index is 4.44. The van der Waals surface area contributed by atoms with E-state index in [0.717, 1.165) is 17.9 Å². The van der Waals surface area contributed by atoms with Gasteiger partial charge in [0.05, 0.1) is 5.69 Å². The number of anilines is 1. The molecular formula is C13H16N8. The molecule has 3 aromatic rings. The molecular weight excluding hydrogens is 268 g/mol. The molecule has 3 heterocycles. The monoisotopic (exact) mass is 284 g/mol. The first-order chi connectivity index (χ1) is 10.2. The molecule has 0 unspecified atom stereocenters. The molecule has 0 radical (unpaired) electrons. The number of hydrogen-bond acceptors (Lipinski definition) is 6. The van der Waals surface area contributed by atoms with Crippen LogP contribution in [0.5, 0.6) is 0 Å². The molecule has 0 saturated heterocycles. The van der Waals surface area contributed by atoms with Gasteiger partial charge in [0, 0.05) is 24.6 Å². The first-order valence-electron chi connectivity index (χ1n) is 6.71. The van der Waals surface area contributed by atoms with Gasteiger partial charge in [-0.2, -0.15) is 25.1 Å². The van der Waals surface area contributed by atoms with Gasteiger partial charge in [-0.3, -0.25) is 0 Å². The summed E-state index contributed by atoms with van der Waals surface area (Å²) in [6, 6.07) is 3.80. The maximum atomic E-state index is 4.44. The second-order valence-electron chi connectivity index (χ2n) is 4.58. The molecule has 0 aliphatic carbocycles. The van der Waals surface area contributed by atoms with Gasteiger partial charge in [0.1, 0.15) is 0 Å². The molecule has 0 saturated carbocycles. The van der Waals surface area contributed by atoms with E-state index in [2.05, 4.69) is 30.5 Å². The quantitative estimate of drug-likeness (QED) is 0.777. The van der Waals surface area contributed by atoms with Crippen LogP contribution in [0.1, 0.15) is 18.3 Å². The second kappa shape index (κ2) is 5.31. The van der Waals surface area contributed by atoms with Crippen molar-refractivity contribution in [3.8, 4) is 11.9 Å². The van der Waals surface area contributed by atoms with Crippen molar-refractivity contribution in [2.24, 2.45) is 0 Å². The minimum absolute atomic E-state index is 0.452. The number of nitrogens with zero attached hydrogens (tertiary/aromatic N) is 7. The minimum Gasteiger partial charge on any atom is -0.354 e. The van der Waals surface area contributed by atoms with Gasteiger partial charge in [-0.25, -0.2) is 9.36 Å². The van der Waals surface area contributed by atoms with Crippen molar-refractivity contribution in [1.82, 2.24) is 34.5 Å². The van der Waals surface area contributed by atoms with E-state index in [-0.39, 0.29) is 0 Å². The van der Waals surface area contributed by atoms with Crippen LogP contribution < -0.4 is 5.32 Å². The Balaban J connectivity index is 2.13. The van der Waals surface area contributed by atoms with Gasteiger partial charge in [0.15, 0.2) is 0 Å². The Hall–Kier alpha value is -2.77. The molecule has 1 N–H and O–H groups in total. The Morgan fingerprint density at radius 3 is 2.57 bits per heavy atom. The lowest BCUT2D eigenvalue weighted by atomic mass is 10.4. The highest BCUT2D eigenvalue weighted by molar-refractivity contribution is 5.33. The van der Waals surface area contributed by atoms with E-state index < -0.39 is 0 Å². The topological polar surface area (TPSA) is 86.3 Å².